The minimum absolute atomic E-state index is 0.468. The maximum Gasteiger partial charge on any atom is 0.0957 e. The molecular weight excluding hydrogens is 252 g/mol. The van der Waals surface area contributed by atoms with Crippen molar-refractivity contribution in [1.82, 2.24) is 4.98 Å². The maximum absolute atomic E-state index is 9.81. The molecular formula is C16H28N2O2. The molecule has 0 saturated carbocycles. The van der Waals surface area contributed by atoms with Gasteiger partial charge in [0.05, 0.1) is 30.3 Å². The molecule has 1 aromatic heterocycles. The van der Waals surface area contributed by atoms with Crippen LogP contribution in [-0.2, 0) is 4.74 Å². The lowest BCUT2D eigenvalue weighted by atomic mass is 10.1. The van der Waals surface area contributed by atoms with Crippen LogP contribution in [0, 0.1) is 0 Å². The van der Waals surface area contributed by atoms with Crippen LogP contribution in [0.25, 0.3) is 0 Å². The number of rotatable bonds is 9. The summed E-state index contributed by atoms with van der Waals surface area (Å²) in [5, 5.41) is 9.81. The van der Waals surface area contributed by atoms with E-state index in [0.717, 1.165) is 30.8 Å². The summed E-state index contributed by atoms with van der Waals surface area (Å²) in [7, 11) is 1.73. The third kappa shape index (κ3) is 4.46. The molecule has 0 fully saturated rings. The van der Waals surface area contributed by atoms with Gasteiger partial charge >= 0.3 is 0 Å². The van der Waals surface area contributed by atoms with Gasteiger partial charge in [-0.15, -0.1) is 0 Å². The molecule has 114 valence electrons. The molecule has 0 aliphatic rings. The van der Waals surface area contributed by atoms with E-state index in [1.165, 1.54) is 0 Å². The van der Waals surface area contributed by atoms with Crippen LogP contribution in [0.4, 0.5) is 5.69 Å². The van der Waals surface area contributed by atoms with Crippen LogP contribution in [0.1, 0.15) is 51.8 Å². The fourth-order valence-electron chi connectivity index (χ4n) is 2.42. The first-order chi connectivity index (χ1) is 9.67. The predicted octanol–water partition coefficient (Wildman–Crippen LogP) is 3.17. The van der Waals surface area contributed by atoms with Crippen LogP contribution in [0.5, 0.6) is 0 Å². The molecule has 1 rings (SSSR count). The number of methoxy groups -OCH3 is 1. The Morgan fingerprint density at radius 1 is 1.20 bits per heavy atom. The Bertz CT molecular complexity index is 363. The molecule has 0 amide bonds. The minimum atomic E-state index is -0.468. The van der Waals surface area contributed by atoms with Crippen LogP contribution in [0.15, 0.2) is 18.3 Å². The van der Waals surface area contributed by atoms with Crippen LogP contribution >= 0.6 is 0 Å². The zero-order valence-corrected chi connectivity index (χ0v) is 13.2. The summed E-state index contributed by atoms with van der Waals surface area (Å²) in [5.74, 6) is 0. The third-order valence-electron chi connectivity index (χ3n) is 3.75. The van der Waals surface area contributed by atoms with E-state index in [-0.39, 0.29) is 0 Å². The van der Waals surface area contributed by atoms with Gasteiger partial charge in [-0.2, -0.15) is 0 Å². The summed E-state index contributed by atoms with van der Waals surface area (Å²) in [6.07, 6.45) is 4.28. The molecule has 4 heteroatoms. The summed E-state index contributed by atoms with van der Waals surface area (Å²) in [6.45, 7) is 7.93. The Morgan fingerprint density at radius 3 is 2.35 bits per heavy atom. The van der Waals surface area contributed by atoms with E-state index >= 15 is 0 Å². The maximum atomic E-state index is 9.81. The zero-order valence-electron chi connectivity index (χ0n) is 13.2. The van der Waals surface area contributed by atoms with E-state index in [1.807, 2.05) is 19.2 Å². The van der Waals surface area contributed by atoms with Crippen molar-refractivity contribution >= 4 is 5.69 Å². The number of aliphatic hydroxyl groups excluding tert-OH is 1. The first-order valence-electron chi connectivity index (χ1n) is 7.57. The number of hydrogen-bond donors (Lipinski definition) is 1. The lowest BCUT2D eigenvalue weighted by Crippen LogP contribution is -2.37. The van der Waals surface area contributed by atoms with Crippen molar-refractivity contribution < 1.29 is 9.84 Å². The van der Waals surface area contributed by atoms with E-state index in [0.29, 0.717) is 19.1 Å². The van der Waals surface area contributed by atoms with E-state index < -0.39 is 6.10 Å². The standard InChI is InChI=1S/C16H28N2O2/c1-5-13(6-2)18(10-11-20-4)14-8-9-15(17-12-14)16(19)7-3/h8-9,12-13,16,19H,5-7,10-11H2,1-4H3. The Labute approximate surface area is 122 Å². The van der Waals surface area contributed by atoms with Crippen LogP contribution in [-0.4, -0.2) is 36.4 Å². The van der Waals surface area contributed by atoms with Gasteiger partial charge in [0.1, 0.15) is 0 Å². The van der Waals surface area contributed by atoms with E-state index in [2.05, 4.69) is 29.8 Å². The largest absolute Gasteiger partial charge is 0.387 e. The zero-order chi connectivity index (χ0) is 15.0. The molecule has 1 unspecified atom stereocenters. The van der Waals surface area contributed by atoms with Crippen molar-refractivity contribution in [3.63, 3.8) is 0 Å². The van der Waals surface area contributed by atoms with Gasteiger partial charge in [-0.05, 0) is 31.4 Å². The second kappa shape index (κ2) is 8.93. The van der Waals surface area contributed by atoms with Gasteiger partial charge in [0.25, 0.3) is 0 Å². The van der Waals surface area contributed by atoms with Crippen molar-refractivity contribution in [2.45, 2.75) is 52.2 Å². The number of anilines is 1. The van der Waals surface area contributed by atoms with E-state index in [9.17, 15) is 5.11 Å². The molecule has 4 nitrogen and oxygen atoms in total. The molecule has 20 heavy (non-hydrogen) atoms. The lowest BCUT2D eigenvalue weighted by molar-refractivity contribution is 0.169. The molecule has 0 aliphatic heterocycles. The number of pyridine rings is 1. The van der Waals surface area contributed by atoms with Gasteiger partial charge in [0, 0.05) is 19.7 Å². The number of hydrogen-bond acceptors (Lipinski definition) is 4. The van der Waals surface area contributed by atoms with Gasteiger partial charge in [-0.25, -0.2) is 0 Å². The lowest BCUT2D eigenvalue weighted by Gasteiger charge is -2.32. The molecule has 0 aromatic carbocycles. The molecule has 0 spiro atoms. The van der Waals surface area contributed by atoms with Crippen molar-refractivity contribution in [2.75, 3.05) is 25.2 Å². The first kappa shape index (κ1) is 16.9. The number of nitrogens with zero attached hydrogens (tertiary/aromatic N) is 2. The quantitative estimate of drug-likeness (QED) is 0.754. The smallest absolute Gasteiger partial charge is 0.0957 e. The van der Waals surface area contributed by atoms with Crippen molar-refractivity contribution in [1.29, 1.82) is 0 Å². The van der Waals surface area contributed by atoms with Gasteiger partial charge in [0.2, 0.25) is 0 Å². The highest BCUT2D eigenvalue weighted by atomic mass is 16.5. The predicted molar refractivity (Wildman–Crippen MR) is 83.1 cm³/mol. The van der Waals surface area contributed by atoms with Gasteiger partial charge in [0.15, 0.2) is 0 Å². The molecule has 1 heterocycles. The molecule has 0 bridgehead atoms. The number of aromatic nitrogens is 1. The SMILES string of the molecule is CCC(O)c1ccc(N(CCOC)C(CC)CC)cn1. The van der Waals surface area contributed by atoms with Crippen molar-refractivity contribution in [3.8, 4) is 0 Å². The minimum Gasteiger partial charge on any atom is -0.387 e. The van der Waals surface area contributed by atoms with Gasteiger partial charge in [-0.3, -0.25) is 4.98 Å². The molecule has 0 radical (unpaired) electrons. The number of aliphatic hydroxyl groups is 1. The fourth-order valence-corrected chi connectivity index (χ4v) is 2.42. The Balaban J connectivity index is 2.89. The summed E-state index contributed by atoms with van der Waals surface area (Å²) < 4.78 is 5.21. The van der Waals surface area contributed by atoms with Crippen LogP contribution in [0.2, 0.25) is 0 Å². The average Bonchev–Trinajstić information content (AvgIpc) is 2.51. The van der Waals surface area contributed by atoms with Gasteiger partial charge < -0.3 is 14.7 Å². The van der Waals surface area contributed by atoms with Crippen LogP contribution in [0.3, 0.4) is 0 Å². The highest BCUT2D eigenvalue weighted by Gasteiger charge is 2.16. The summed E-state index contributed by atoms with van der Waals surface area (Å²) in [6, 6.07) is 4.47. The summed E-state index contributed by atoms with van der Waals surface area (Å²) in [5.41, 5.74) is 1.84. The molecule has 1 atom stereocenters. The monoisotopic (exact) mass is 280 g/mol. The molecule has 1 N–H and O–H groups in total. The summed E-state index contributed by atoms with van der Waals surface area (Å²) in [4.78, 5) is 6.74. The van der Waals surface area contributed by atoms with E-state index in [1.54, 1.807) is 7.11 Å². The second-order valence-corrected chi connectivity index (χ2v) is 5.02. The van der Waals surface area contributed by atoms with Crippen molar-refractivity contribution in [3.05, 3.63) is 24.0 Å². The fraction of sp³-hybridized carbons (Fsp3) is 0.688. The Kier molecular flexibility index (Phi) is 7.55. The molecule has 0 aliphatic carbocycles. The highest BCUT2D eigenvalue weighted by Crippen LogP contribution is 2.22. The van der Waals surface area contributed by atoms with Crippen LogP contribution < -0.4 is 4.90 Å². The Morgan fingerprint density at radius 2 is 1.90 bits per heavy atom. The normalized spacial score (nSPS) is 12.7. The highest BCUT2D eigenvalue weighted by molar-refractivity contribution is 5.46. The second-order valence-electron chi connectivity index (χ2n) is 5.02. The number of ether oxygens (including phenoxy) is 1. The Hall–Kier alpha value is -1.13. The van der Waals surface area contributed by atoms with Gasteiger partial charge in [-0.1, -0.05) is 20.8 Å². The first-order valence-corrected chi connectivity index (χ1v) is 7.57. The average molecular weight is 280 g/mol. The van der Waals surface area contributed by atoms with E-state index in [4.69, 9.17) is 4.74 Å². The topological polar surface area (TPSA) is 45.6 Å². The molecule has 1 aromatic rings. The van der Waals surface area contributed by atoms with Crippen molar-refractivity contribution in [2.24, 2.45) is 0 Å². The summed E-state index contributed by atoms with van der Waals surface area (Å²) >= 11 is 0. The third-order valence-corrected chi connectivity index (χ3v) is 3.75. The molecule has 0 saturated heterocycles.